The number of nitrogens with one attached hydrogen (secondary N) is 1. The number of aryl methyl sites for hydroxylation is 1. The lowest BCUT2D eigenvalue weighted by Crippen LogP contribution is -1.99. The lowest BCUT2D eigenvalue weighted by atomic mass is 10.1. The van der Waals surface area contributed by atoms with Gasteiger partial charge in [0.25, 0.3) is 0 Å². The summed E-state index contributed by atoms with van der Waals surface area (Å²) in [6.45, 7) is 1.97. The van der Waals surface area contributed by atoms with Gasteiger partial charge in [-0.2, -0.15) is 0 Å². The van der Waals surface area contributed by atoms with Crippen LogP contribution >= 0.6 is 15.9 Å². The largest absolute Gasteiger partial charge is 0.493 e. The van der Waals surface area contributed by atoms with E-state index in [-0.39, 0.29) is 5.88 Å². The molecule has 3 heterocycles. The molecule has 8 heteroatoms. The molecule has 0 aliphatic rings. The van der Waals surface area contributed by atoms with Gasteiger partial charge in [-0.1, -0.05) is 12.1 Å². The summed E-state index contributed by atoms with van der Waals surface area (Å²) in [5.74, 6) is 0.715. The van der Waals surface area contributed by atoms with E-state index in [1.54, 1.807) is 24.5 Å². The van der Waals surface area contributed by atoms with E-state index in [1.807, 2.05) is 43.3 Å². The molecule has 7 nitrogen and oxygen atoms in total. The third kappa shape index (κ3) is 3.67. The Morgan fingerprint density at radius 2 is 1.86 bits per heavy atom. The standard InChI is InChI=1S/C20H15BrN6O/c1-12-10-13-17(14(21)11-12)25-20(28)18(13)26-27-19(15-6-2-4-8-22-15)24-16-7-3-5-9-23-16/h2-11,25,28H,1H3/b24-19+,27-26?. The molecule has 0 radical (unpaired) electrons. The van der Waals surface area contributed by atoms with Gasteiger partial charge in [0.2, 0.25) is 11.7 Å². The van der Waals surface area contributed by atoms with Crippen LogP contribution in [0.3, 0.4) is 0 Å². The number of fused-ring (bicyclic) bond motifs is 1. The molecule has 0 aliphatic carbocycles. The van der Waals surface area contributed by atoms with Crippen LogP contribution in [0.2, 0.25) is 0 Å². The minimum absolute atomic E-state index is 0.0664. The summed E-state index contributed by atoms with van der Waals surface area (Å²) in [5, 5.41) is 19.6. The summed E-state index contributed by atoms with van der Waals surface area (Å²) >= 11 is 3.50. The highest BCUT2D eigenvalue weighted by atomic mass is 79.9. The first kappa shape index (κ1) is 18.0. The maximum atomic E-state index is 10.3. The van der Waals surface area contributed by atoms with Crippen molar-refractivity contribution < 1.29 is 5.11 Å². The van der Waals surface area contributed by atoms with Gasteiger partial charge in [0, 0.05) is 22.3 Å². The van der Waals surface area contributed by atoms with Crippen LogP contribution in [0.25, 0.3) is 10.9 Å². The van der Waals surface area contributed by atoms with Gasteiger partial charge in [0.15, 0.2) is 11.5 Å². The van der Waals surface area contributed by atoms with E-state index < -0.39 is 0 Å². The number of amidine groups is 1. The maximum Gasteiger partial charge on any atom is 0.218 e. The first-order valence-corrected chi connectivity index (χ1v) is 9.25. The van der Waals surface area contributed by atoms with Crippen molar-refractivity contribution in [3.8, 4) is 5.88 Å². The van der Waals surface area contributed by atoms with E-state index in [2.05, 4.69) is 46.1 Å². The Hall–Kier alpha value is -3.39. The van der Waals surface area contributed by atoms with E-state index in [1.165, 1.54) is 0 Å². The Morgan fingerprint density at radius 3 is 2.57 bits per heavy atom. The van der Waals surface area contributed by atoms with E-state index in [0.717, 1.165) is 20.9 Å². The molecule has 0 unspecified atom stereocenters. The molecule has 0 saturated carbocycles. The number of pyridine rings is 2. The number of H-pyrrole nitrogens is 1. The molecule has 28 heavy (non-hydrogen) atoms. The van der Waals surface area contributed by atoms with Crippen LogP contribution in [0.5, 0.6) is 5.88 Å². The predicted molar refractivity (Wildman–Crippen MR) is 112 cm³/mol. The number of aromatic amines is 1. The lowest BCUT2D eigenvalue weighted by Gasteiger charge is -2.00. The molecule has 1 aromatic carbocycles. The monoisotopic (exact) mass is 434 g/mol. The number of azo groups is 1. The van der Waals surface area contributed by atoms with Crippen molar-refractivity contribution >= 4 is 44.2 Å². The third-order valence-electron chi connectivity index (χ3n) is 3.97. The van der Waals surface area contributed by atoms with Crippen LogP contribution in [0.15, 0.2) is 80.6 Å². The Labute approximate surface area is 169 Å². The first-order chi connectivity index (χ1) is 13.6. The highest BCUT2D eigenvalue weighted by Gasteiger charge is 2.14. The fourth-order valence-electron chi connectivity index (χ4n) is 2.71. The second-order valence-electron chi connectivity index (χ2n) is 6.03. The van der Waals surface area contributed by atoms with Gasteiger partial charge < -0.3 is 10.1 Å². The quantitative estimate of drug-likeness (QED) is 0.249. The number of hydrogen-bond acceptors (Lipinski definition) is 5. The number of benzene rings is 1. The van der Waals surface area contributed by atoms with Gasteiger partial charge >= 0.3 is 0 Å². The van der Waals surface area contributed by atoms with Crippen LogP contribution in [-0.2, 0) is 0 Å². The number of aliphatic imine (C=N–C) groups is 1. The Balaban J connectivity index is 1.82. The summed E-state index contributed by atoms with van der Waals surface area (Å²) in [4.78, 5) is 15.9. The van der Waals surface area contributed by atoms with Crippen molar-refractivity contribution in [3.63, 3.8) is 0 Å². The molecule has 2 N–H and O–H groups in total. The van der Waals surface area contributed by atoms with Crippen molar-refractivity contribution in [1.29, 1.82) is 0 Å². The fourth-order valence-corrected chi connectivity index (χ4v) is 3.39. The molecule has 138 valence electrons. The average Bonchev–Trinajstić information content (AvgIpc) is 3.02. The molecule has 0 bridgehead atoms. The number of halogens is 1. The van der Waals surface area contributed by atoms with Crippen LogP contribution in [0.4, 0.5) is 11.5 Å². The van der Waals surface area contributed by atoms with Crippen LogP contribution < -0.4 is 0 Å². The Morgan fingerprint density at radius 1 is 1.07 bits per heavy atom. The lowest BCUT2D eigenvalue weighted by molar-refractivity contribution is 0.459. The molecule has 4 rings (SSSR count). The number of rotatable bonds is 3. The topological polar surface area (TPSA) is 98.9 Å². The van der Waals surface area contributed by atoms with Crippen molar-refractivity contribution in [2.45, 2.75) is 6.92 Å². The SMILES string of the molecule is Cc1cc(Br)c2[nH]c(O)c(N=N/C(=N/c3ccccn3)c3ccccn3)c2c1. The van der Waals surface area contributed by atoms with Crippen LogP contribution in [0.1, 0.15) is 11.3 Å². The maximum absolute atomic E-state index is 10.3. The zero-order valence-electron chi connectivity index (χ0n) is 14.8. The van der Waals surface area contributed by atoms with Crippen molar-refractivity contribution in [1.82, 2.24) is 15.0 Å². The summed E-state index contributed by atoms with van der Waals surface area (Å²) in [6.07, 6.45) is 3.31. The average molecular weight is 435 g/mol. The number of nitrogens with zero attached hydrogens (tertiary/aromatic N) is 5. The van der Waals surface area contributed by atoms with E-state index in [4.69, 9.17) is 0 Å². The minimum Gasteiger partial charge on any atom is -0.493 e. The molecule has 0 spiro atoms. The highest BCUT2D eigenvalue weighted by Crippen LogP contribution is 2.39. The van der Waals surface area contributed by atoms with E-state index >= 15 is 0 Å². The second-order valence-corrected chi connectivity index (χ2v) is 6.88. The molecule has 0 saturated heterocycles. The zero-order chi connectivity index (χ0) is 19.5. The zero-order valence-corrected chi connectivity index (χ0v) is 16.4. The number of aromatic nitrogens is 3. The predicted octanol–water partition coefficient (Wildman–Crippen LogP) is 5.60. The number of hydrogen-bond donors (Lipinski definition) is 2. The summed E-state index contributed by atoms with van der Waals surface area (Å²) in [5.41, 5.74) is 2.66. The minimum atomic E-state index is -0.0664. The Bertz CT molecular complexity index is 1190. The van der Waals surface area contributed by atoms with E-state index in [9.17, 15) is 5.11 Å². The van der Waals surface area contributed by atoms with Gasteiger partial charge in [-0.3, -0.25) is 4.98 Å². The summed E-state index contributed by atoms with van der Waals surface area (Å²) in [6, 6.07) is 14.7. The van der Waals surface area contributed by atoms with Gasteiger partial charge in [-0.05, 0) is 64.8 Å². The smallest absolute Gasteiger partial charge is 0.218 e. The van der Waals surface area contributed by atoms with Crippen molar-refractivity contribution in [3.05, 3.63) is 76.7 Å². The van der Waals surface area contributed by atoms with E-state index in [0.29, 0.717) is 23.0 Å². The van der Waals surface area contributed by atoms with Gasteiger partial charge in [0.1, 0.15) is 5.69 Å². The molecular formula is C20H15BrN6O. The summed E-state index contributed by atoms with van der Waals surface area (Å²) < 4.78 is 0.839. The normalized spacial score (nSPS) is 12.1. The molecular weight excluding hydrogens is 420 g/mol. The van der Waals surface area contributed by atoms with Gasteiger partial charge in [-0.25, -0.2) is 9.98 Å². The van der Waals surface area contributed by atoms with Gasteiger partial charge in [0.05, 0.1) is 5.52 Å². The Kier molecular flexibility index (Phi) is 4.94. The molecule has 0 fully saturated rings. The fraction of sp³-hybridized carbons (Fsp3) is 0.0500. The van der Waals surface area contributed by atoms with Crippen LogP contribution in [0, 0.1) is 6.92 Å². The molecule has 0 atom stereocenters. The van der Waals surface area contributed by atoms with Crippen molar-refractivity contribution in [2.24, 2.45) is 15.2 Å². The first-order valence-electron chi connectivity index (χ1n) is 8.45. The molecule has 3 aromatic heterocycles. The summed E-state index contributed by atoms with van der Waals surface area (Å²) in [7, 11) is 0. The molecule has 4 aromatic rings. The number of aromatic hydroxyl groups is 1. The van der Waals surface area contributed by atoms with Crippen molar-refractivity contribution in [2.75, 3.05) is 0 Å². The molecule has 0 aliphatic heterocycles. The van der Waals surface area contributed by atoms with Crippen LogP contribution in [-0.4, -0.2) is 25.9 Å². The third-order valence-corrected chi connectivity index (χ3v) is 4.59. The highest BCUT2D eigenvalue weighted by molar-refractivity contribution is 9.10. The van der Waals surface area contributed by atoms with Gasteiger partial charge in [-0.15, -0.1) is 10.2 Å². The second kappa shape index (κ2) is 7.69. The molecule has 0 amide bonds.